The monoisotopic (exact) mass is 313 g/mol. The van der Waals surface area contributed by atoms with Crippen molar-refractivity contribution in [2.75, 3.05) is 18.1 Å². The SMILES string of the molecule is O=S1(=O)CCCC(NC2CCCc3c2cnn3CCO)C1. The third-order valence-corrected chi connectivity index (χ3v) is 6.30. The molecule has 2 unspecified atom stereocenters. The first-order valence-corrected chi connectivity index (χ1v) is 9.53. The Morgan fingerprint density at radius 3 is 3.00 bits per heavy atom. The Morgan fingerprint density at radius 1 is 1.38 bits per heavy atom. The van der Waals surface area contributed by atoms with E-state index in [2.05, 4.69) is 10.4 Å². The first-order valence-electron chi connectivity index (χ1n) is 7.71. The number of aliphatic hydroxyl groups excluding tert-OH is 1. The zero-order valence-corrected chi connectivity index (χ0v) is 13.0. The van der Waals surface area contributed by atoms with Gasteiger partial charge in [-0.3, -0.25) is 4.68 Å². The van der Waals surface area contributed by atoms with Gasteiger partial charge in [-0.05, 0) is 32.1 Å². The summed E-state index contributed by atoms with van der Waals surface area (Å²) in [5, 5.41) is 17.0. The first kappa shape index (κ1) is 15.0. The van der Waals surface area contributed by atoms with Gasteiger partial charge in [0.25, 0.3) is 0 Å². The zero-order chi connectivity index (χ0) is 14.9. The van der Waals surface area contributed by atoms with E-state index in [0.29, 0.717) is 12.3 Å². The van der Waals surface area contributed by atoms with Crippen molar-refractivity contribution in [2.24, 2.45) is 0 Å². The largest absolute Gasteiger partial charge is 0.394 e. The van der Waals surface area contributed by atoms with Gasteiger partial charge in [-0.15, -0.1) is 0 Å². The number of sulfone groups is 1. The number of aliphatic hydroxyl groups is 1. The van der Waals surface area contributed by atoms with Crippen LogP contribution in [-0.2, 0) is 22.8 Å². The second kappa shape index (κ2) is 6.06. The highest BCUT2D eigenvalue weighted by Gasteiger charge is 2.30. The maximum atomic E-state index is 11.8. The molecule has 2 heterocycles. The summed E-state index contributed by atoms with van der Waals surface area (Å²) in [7, 11) is -2.88. The Bertz CT molecular complexity index is 597. The number of hydrogen-bond donors (Lipinski definition) is 2. The number of rotatable bonds is 4. The summed E-state index contributed by atoms with van der Waals surface area (Å²) in [6.07, 6.45) is 6.63. The molecule has 0 aromatic carbocycles. The van der Waals surface area contributed by atoms with Crippen molar-refractivity contribution in [1.29, 1.82) is 0 Å². The lowest BCUT2D eigenvalue weighted by Gasteiger charge is -2.31. The third-order valence-electron chi connectivity index (χ3n) is 4.47. The highest BCUT2D eigenvalue weighted by Crippen LogP contribution is 2.30. The molecule has 1 aromatic heterocycles. The maximum absolute atomic E-state index is 11.8. The second-order valence-corrected chi connectivity index (χ2v) is 8.29. The van der Waals surface area contributed by atoms with E-state index in [1.54, 1.807) is 0 Å². The number of hydrogen-bond acceptors (Lipinski definition) is 5. The molecule has 1 fully saturated rings. The standard InChI is InChI=1S/C14H23N3O3S/c18-7-6-17-14-5-1-4-13(12(14)9-15-17)16-11-3-2-8-21(19,20)10-11/h9,11,13,16,18H,1-8,10H2. The van der Waals surface area contributed by atoms with E-state index in [1.165, 1.54) is 11.3 Å². The highest BCUT2D eigenvalue weighted by atomic mass is 32.2. The molecule has 21 heavy (non-hydrogen) atoms. The van der Waals surface area contributed by atoms with E-state index < -0.39 is 9.84 Å². The predicted octanol–water partition coefficient (Wildman–Crippen LogP) is 0.420. The molecule has 2 aliphatic rings. The zero-order valence-electron chi connectivity index (χ0n) is 12.2. The molecular weight excluding hydrogens is 290 g/mol. The minimum atomic E-state index is -2.88. The molecule has 2 N–H and O–H groups in total. The molecule has 1 aromatic rings. The Balaban J connectivity index is 1.73. The van der Waals surface area contributed by atoms with Crippen LogP contribution in [0.2, 0.25) is 0 Å². The van der Waals surface area contributed by atoms with E-state index in [4.69, 9.17) is 5.11 Å². The van der Waals surface area contributed by atoms with Crippen molar-refractivity contribution in [2.45, 2.75) is 50.7 Å². The molecular formula is C14H23N3O3S. The van der Waals surface area contributed by atoms with Crippen LogP contribution >= 0.6 is 0 Å². The van der Waals surface area contributed by atoms with E-state index in [0.717, 1.165) is 32.1 Å². The average Bonchev–Trinajstić information content (AvgIpc) is 2.83. The van der Waals surface area contributed by atoms with Crippen LogP contribution in [0.5, 0.6) is 0 Å². The summed E-state index contributed by atoms with van der Waals surface area (Å²) >= 11 is 0. The molecule has 118 valence electrons. The fourth-order valence-corrected chi connectivity index (χ4v) is 5.17. The maximum Gasteiger partial charge on any atom is 0.151 e. The number of nitrogens with zero attached hydrogens (tertiary/aromatic N) is 2. The van der Waals surface area contributed by atoms with Crippen LogP contribution in [0.4, 0.5) is 0 Å². The Hall–Kier alpha value is -0.920. The fraction of sp³-hybridized carbons (Fsp3) is 0.786. The van der Waals surface area contributed by atoms with Crippen LogP contribution in [0.1, 0.15) is 43.0 Å². The van der Waals surface area contributed by atoms with E-state index in [-0.39, 0.29) is 24.4 Å². The van der Waals surface area contributed by atoms with Crippen molar-refractivity contribution >= 4 is 9.84 Å². The Labute approximate surface area is 125 Å². The summed E-state index contributed by atoms with van der Waals surface area (Å²) < 4.78 is 25.4. The van der Waals surface area contributed by atoms with Gasteiger partial charge in [0, 0.05) is 23.3 Å². The molecule has 0 radical (unpaired) electrons. The Morgan fingerprint density at radius 2 is 2.24 bits per heavy atom. The van der Waals surface area contributed by atoms with Crippen molar-refractivity contribution in [3.63, 3.8) is 0 Å². The van der Waals surface area contributed by atoms with Gasteiger partial charge in [0.1, 0.15) is 0 Å². The molecule has 0 spiro atoms. The minimum absolute atomic E-state index is 0.0564. The quantitative estimate of drug-likeness (QED) is 0.841. The second-order valence-electron chi connectivity index (χ2n) is 6.06. The molecule has 0 saturated carbocycles. The molecule has 3 rings (SSSR count). The number of aromatic nitrogens is 2. The van der Waals surface area contributed by atoms with Crippen LogP contribution in [0.3, 0.4) is 0 Å². The van der Waals surface area contributed by atoms with Gasteiger partial charge in [-0.1, -0.05) is 0 Å². The molecule has 1 saturated heterocycles. The van der Waals surface area contributed by atoms with Crippen LogP contribution in [0.15, 0.2) is 6.20 Å². The van der Waals surface area contributed by atoms with Gasteiger partial charge >= 0.3 is 0 Å². The van der Waals surface area contributed by atoms with E-state index in [1.807, 2.05) is 10.9 Å². The molecule has 7 heteroatoms. The molecule has 1 aliphatic carbocycles. The van der Waals surface area contributed by atoms with Gasteiger partial charge in [0.15, 0.2) is 9.84 Å². The van der Waals surface area contributed by atoms with Gasteiger partial charge in [0.2, 0.25) is 0 Å². The molecule has 1 aliphatic heterocycles. The average molecular weight is 313 g/mol. The van der Waals surface area contributed by atoms with Crippen LogP contribution in [0, 0.1) is 0 Å². The lowest BCUT2D eigenvalue weighted by molar-refractivity contribution is 0.266. The van der Waals surface area contributed by atoms with Gasteiger partial charge in [-0.2, -0.15) is 5.10 Å². The van der Waals surface area contributed by atoms with E-state index in [9.17, 15) is 8.42 Å². The lowest BCUT2D eigenvalue weighted by atomic mass is 9.92. The molecule has 2 atom stereocenters. The van der Waals surface area contributed by atoms with Crippen molar-refractivity contribution in [3.8, 4) is 0 Å². The van der Waals surface area contributed by atoms with E-state index >= 15 is 0 Å². The fourth-order valence-electron chi connectivity index (χ4n) is 3.52. The number of nitrogens with one attached hydrogen (secondary N) is 1. The normalized spacial score (nSPS) is 28.2. The summed E-state index contributed by atoms with van der Waals surface area (Å²) in [5.74, 6) is 0.582. The minimum Gasteiger partial charge on any atom is -0.394 e. The van der Waals surface area contributed by atoms with Crippen molar-refractivity contribution < 1.29 is 13.5 Å². The van der Waals surface area contributed by atoms with Gasteiger partial charge < -0.3 is 10.4 Å². The topological polar surface area (TPSA) is 84.2 Å². The summed E-state index contributed by atoms with van der Waals surface area (Å²) in [5.41, 5.74) is 2.36. The van der Waals surface area contributed by atoms with Gasteiger partial charge in [-0.25, -0.2) is 8.42 Å². The van der Waals surface area contributed by atoms with Crippen molar-refractivity contribution in [3.05, 3.63) is 17.5 Å². The van der Waals surface area contributed by atoms with Gasteiger partial charge in [0.05, 0.1) is 30.9 Å². The third kappa shape index (κ3) is 3.30. The smallest absolute Gasteiger partial charge is 0.151 e. The summed E-state index contributed by atoms with van der Waals surface area (Å²) in [4.78, 5) is 0. The molecule has 0 amide bonds. The predicted molar refractivity (Wildman–Crippen MR) is 79.8 cm³/mol. The summed E-state index contributed by atoms with van der Waals surface area (Å²) in [6.45, 7) is 0.618. The van der Waals surface area contributed by atoms with Crippen molar-refractivity contribution in [1.82, 2.24) is 15.1 Å². The highest BCUT2D eigenvalue weighted by molar-refractivity contribution is 7.91. The first-order chi connectivity index (χ1) is 10.1. The summed E-state index contributed by atoms with van der Waals surface area (Å²) in [6, 6.07) is 0.250. The van der Waals surface area contributed by atoms with Crippen LogP contribution in [0.25, 0.3) is 0 Å². The molecule has 0 bridgehead atoms. The molecule has 6 nitrogen and oxygen atoms in total. The lowest BCUT2D eigenvalue weighted by Crippen LogP contribution is -2.42. The number of fused-ring (bicyclic) bond motifs is 1. The Kier molecular flexibility index (Phi) is 4.33. The van der Waals surface area contributed by atoms with Crippen LogP contribution < -0.4 is 5.32 Å². The van der Waals surface area contributed by atoms with Crippen LogP contribution in [-0.4, -0.2) is 47.5 Å².